The fraction of sp³-hybridized carbons (Fsp3) is 0.500. The number of aliphatic carboxylic acids is 2. The first-order valence-corrected chi connectivity index (χ1v) is 3.42. The minimum absolute atomic E-state index is 0.0719. The monoisotopic (exact) mass is 189 g/mol. The molecule has 0 aliphatic rings. The van der Waals surface area contributed by atoms with Crippen LogP contribution in [0.2, 0.25) is 0 Å². The van der Waals surface area contributed by atoms with E-state index in [0.29, 0.717) is 0 Å². The molecule has 6 N–H and O–H groups in total. The Balaban J connectivity index is 3.98. The van der Waals surface area contributed by atoms with E-state index in [4.69, 9.17) is 21.7 Å². The van der Waals surface area contributed by atoms with E-state index in [0.717, 1.165) is 0 Å². The van der Waals surface area contributed by atoms with Crippen molar-refractivity contribution in [2.75, 3.05) is 6.54 Å². The second-order valence-corrected chi connectivity index (χ2v) is 2.35. The van der Waals surface area contributed by atoms with E-state index in [1.165, 1.54) is 0 Å². The average molecular weight is 189 g/mol. The highest BCUT2D eigenvalue weighted by Gasteiger charge is 2.12. The quantitative estimate of drug-likeness (QED) is 0.298. The van der Waals surface area contributed by atoms with E-state index in [1.807, 2.05) is 0 Å². The van der Waals surface area contributed by atoms with Crippen molar-refractivity contribution in [3.8, 4) is 0 Å². The summed E-state index contributed by atoms with van der Waals surface area (Å²) < 4.78 is 0. The highest BCUT2D eigenvalue weighted by atomic mass is 16.4. The Kier molecular flexibility index (Phi) is 4.45. The number of carboxylic acid groups (broad SMARTS) is 2. The number of aliphatic imine (C=N–C) groups is 1. The van der Waals surface area contributed by atoms with Crippen LogP contribution >= 0.6 is 0 Å². The Morgan fingerprint density at radius 2 is 1.92 bits per heavy atom. The smallest absolute Gasteiger partial charge is 0.325 e. The first-order valence-electron chi connectivity index (χ1n) is 3.42. The highest BCUT2D eigenvalue weighted by molar-refractivity contribution is 5.87. The Bertz CT molecular complexity index is 238. The zero-order valence-electron chi connectivity index (χ0n) is 6.80. The van der Waals surface area contributed by atoms with Crippen LogP contribution in [0.25, 0.3) is 0 Å². The predicted molar refractivity (Wildman–Crippen MR) is 44.4 cm³/mol. The minimum atomic E-state index is -1.20. The van der Waals surface area contributed by atoms with Crippen LogP contribution in [0.15, 0.2) is 4.99 Å². The molecule has 0 heterocycles. The molecular weight excluding hydrogens is 178 g/mol. The summed E-state index contributed by atoms with van der Waals surface area (Å²) in [5.41, 5.74) is 10.3. The van der Waals surface area contributed by atoms with E-state index in [-0.39, 0.29) is 12.3 Å². The molecule has 74 valence electrons. The SMILES string of the molecule is NC(C[C@H](N)C(=O)O)=NCC(=O)O. The van der Waals surface area contributed by atoms with Gasteiger partial charge in [0.2, 0.25) is 0 Å². The van der Waals surface area contributed by atoms with E-state index < -0.39 is 24.5 Å². The van der Waals surface area contributed by atoms with Gasteiger partial charge in [0, 0.05) is 6.42 Å². The first-order chi connectivity index (χ1) is 5.93. The maximum Gasteiger partial charge on any atom is 0.325 e. The van der Waals surface area contributed by atoms with Gasteiger partial charge in [-0.1, -0.05) is 0 Å². The molecule has 0 aliphatic heterocycles. The minimum Gasteiger partial charge on any atom is -0.480 e. The zero-order valence-corrected chi connectivity index (χ0v) is 6.80. The van der Waals surface area contributed by atoms with Gasteiger partial charge < -0.3 is 21.7 Å². The van der Waals surface area contributed by atoms with Gasteiger partial charge in [0.25, 0.3) is 0 Å². The molecule has 0 spiro atoms. The largest absolute Gasteiger partial charge is 0.480 e. The molecule has 13 heavy (non-hydrogen) atoms. The van der Waals surface area contributed by atoms with Crippen molar-refractivity contribution in [1.82, 2.24) is 0 Å². The number of amidine groups is 1. The molecular formula is C6H11N3O4. The summed E-state index contributed by atoms with van der Waals surface area (Å²) in [4.78, 5) is 23.6. The lowest BCUT2D eigenvalue weighted by molar-refractivity contribution is -0.138. The molecule has 0 rings (SSSR count). The van der Waals surface area contributed by atoms with E-state index in [2.05, 4.69) is 4.99 Å². The van der Waals surface area contributed by atoms with Crippen LogP contribution in [-0.4, -0.2) is 40.6 Å². The number of hydrogen-bond acceptors (Lipinski definition) is 4. The second kappa shape index (κ2) is 5.09. The van der Waals surface area contributed by atoms with Crippen molar-refractivity contribution in [2.45, 2.75) is 12.5 Å². The molecule has 0 radical (unpaired) electrons. The van der Waals surface area contributed by atoms with Crippen LogP contribution in [0.4, 0.5) is 0 Å². The van der Waals surface area contributed by atoms with Gasteiger partial charge in [0.15, 0.2) is 0 Å². The molecule has 0 bridgehead atoms. The fourth-order valence-corrected chi connectivity index (χ4v) is 0.546. The third-order valence-electron chi connectivity index (χ3n) is 1.16. The Labute approximate surface area is 74.1 Å². The Hall–Kier alpha value is -1.63. The van der Waals surface area contributed by atoms with Gasteiger partial charge in [-0.3, -0.25) is 14.6 Å². The predicted octanol–water partition coefficient (Wildman–Crippen LogP) is -1.77. The Morgan fingerprint density at radius 3 is 2.31 bits per heavy atom. The normalized spacial score (nSPS) is 13.8. The van der Waals surface area contributed by atoms with Gasteiger partial charge in [-0.25, -0.2) is 0 Å². The van der Waals surface area contributed by atoms with Crippen molar-refractivity contribution in [3.05, 3.63) is 0 Å². The van der Waals surface area contributed by atoms with Crippen molar-refractivity contribution in [3.63, 3.8) is 0 Å². The lowest BCUT2D eigenvalue weighted by Gasteiger charge is -2.04. The van der Waals surface area contributed by atoms with Crippen LogP contribution in [0.5, 0.6) is 0 Å². The third kappa shape index (κ3) is 5.62. The van der Waals surface area contributed by atoms with Crippen molar-refractivity contribution >= 4 is 17.8 Å². The summed E-state index contributed by atoms with van der Waals surface area (Å²) in [6.07, 6.45) is -0.150. The third-order valence-corrected chi connectivity index (χ3v) is 1.16. The van der Waals surface area contributed by atoms with Crippen molar-refractivity contribution in [1.29, 1.82) is 0 Å². The molecule has 1 atom stereocenters. The van der Waals surface area contributed by atoms with Gasteiger partial charge in [-0.15, -0.1) is 0 Å². The van der Waals surface area contributed by atoms with Crippen LogP contribution in [-0.2, 0) is 9.59 Å². The first kappa shape index (κ1) is 11.4. The average Bonchev–Trinajstić information content (AvgIpc) is 2.00. The maximum absolute atomic E-state index is 10.2. The molecule has 0 aromatic rings. The summed E-state index contributed by atoms with van der Waals surface area (Å²) in [5.74, 6) is -2.40. The van der Waals surface area contributed by atoms with Crippen LogP contribution in [0, 0.1) is 0 Å². The van der Waals surface area contributed by atoms with E-state index in [1.54, 1.807) is 0 Å². The lowest BCUT2D eigenvalue weighted by atomic mass is 10.2. The summed E-state index contributed by atoms with van der Waals surface area (Å²) in [5, 5.41) is 16.6. The molecule has 0 unspecified atom stereocenters. The number of nitrogens with zero attached hydrogens (tertiary/aromatic N) is 1. The summed E-state index contributed by atoms with van der Waals surface area (Å²) in [6, 6.07) is -1.14. The summed E-state index contributed by atoms with van der Waals surface area (Å²) >= 11 is 0. The van der Waals surface area contributed by atoms with Gasteiger partial charge in [0.1, 0.15) is 12.6 Å². The van der Waals surface area contributed by atoms with Crippen molar-refractivity contribution in [2.24, 2.45) is 16.5 Å². The van der Waals surface area contributed by atoms with Crippen molar-refractivity contribution < 1.29 is 19.8 Å². The molecule has 7 nitrogen and oxygen atoms in total. The Morgan fingerprint density at radius 1 is 1.38 bits per heavy atom. The number of carbonyl (C=O) groups is 2. The lowest BCUT2D eigenvalue weighted by Crippen LogP contribution is -2.35. The summed E-state index contributed by atoms with van der Waals surface area (Å²) in [6.45, 7) is -0.474. The topological polar surface area (TPSA) is 139 Å². The van der Waals surface area contributed by atoms with Gasteiger partial charge in [-0.2, -0.15) is 0 Å². The highest BCUT2D eigenvalue weighted by Crippen LogP contribution is 1.88. The molecule has 0 saturated heterocycles. The second-order valence-electron chi connectivity index (χ2n) is 2.35. The molecule has 0 aromatic heterocycles. The van der Waals surface area contributed by atoms with Gasteiger partial charge >= 0.3 is 11.9 Å². The number of nitrogens with two attached hydrogens (primary N) is 2. The molecule has 0 aliphatic carbocycles. The molecule has 0 fully saturated rings. The maximum atomic E-state index is 10.2. The van der Waals surface area contributed by atoms with Crippen LogP contribution in [0.3, 0.4) is 0 Å². The molecule has 0 saturated carbocycles. The van der Waals surface area contributed by atoms with E-state index >= 15 is 0 Å². The molecule has 0 amide bonds. The van der Waals surface area contributed by atoms with Crippen LogP contribution in [0.1, 0.15) is 6.42 Å². The number of rotatable bonds is 5. The van der Waals surface area contributed by atoms with Gasteiger partial charge in [-0.05, 0) is 0 Å². The van der Waals surface area contributed by atoms with Gasteiger partial charge in [0.05, 0.1) is 5.84 Å². The summed E-state index contributed by atoms with van der Waals surface area (Å²) in [7, 11) is 0. The fourth-order valence-electron chi connectivity index (χ4n) is 0.546. The zero-order chi connectivity index (χ0) is 10.4. The standard InChI is InChI=1S/C6H11N3O4/c7-3(6(12)13)1-4(8)9-2-5(10)11/h3H,1-2,7H2,(H2,8,9)(H,10,11)(H,12,13)/t3-/m0/s1. The molecule has 0 aromatic carbocycles. The number of hydrogen-bond donors (Lipinski definition) is 4. The van der Waals surface area contributed by atoms with Crippen LogP contribution < -0.4 is 11.5 Å². The number of carboxylic acids is 2. The molecule has 7 heteroatoms. The van der Waals surface area contributed by atoms with E-state index in [9.17, 15) is 9.59 Å².